The van der Waals surface area contributed by atoms with Crippen molar-refractivity contribution in [3.63, 3.8) is 0 Å². The Kier molecular flexibility index (Phi) is 5.36. The second kappa shape index (κ2) is 7.86. The van der Waals surface area contributed by atoms with Crippen molar-refractivity contribution < 1.29 is 18.7 Å². The Morgan fingerprint density at radius 3 is 2.35 bits per heavy atom. The van der Waals surface area contributed by atoms with Crippen LogP contribution >= 0.6 is 0 Å². The molecule has 7 heteroatoms. The van der Waals surface area contributed by atoms with Gasteiger partial charge in [0.05, 0.1) is 0 Å². The van der Waals surface area contributed by atoms with Crippen molar-refractivity contribution in [2.75, 3.05) is 26.2 Å². The average Bonchev–Trinajstić information content (AvgIpc) is 2.67. The zero-order valence-corrected chi connectivity index (χ0v) is 14.5. The number of amides is 2. The second-order valence-electron chi connectivity index (χ2n) is 6.05. The fourth-order valence-corrected chi connectivity index (χ4v) is 2.73. The highest BCUT2D eigenvalue weighted by atomic mass is 16.5. The Labute approximate surface area is 150 Å². The highest BCUT2D eigenvalue weighted by molar-refractivity contribution is 5.91. The summed E-state index contributed by atoms with van der Waals surface area (Å²) in [5.74, 6) is -0.339. The first kappa shape index (κ1) is 17.7. The first-order chi connectivity index (χ1) is 12.5. The number of nitrogens with zero attached hydrogens (tertiary/aromatic N) is 2. The van der Waals surface area contributed by atoms with Crippen LogP contribution in [0, 0.1) is 0 Å². The molecule has 1 fully saturated rings. The molecule has 0 aliphatic carbocycles. The van der Waals surface area contributed by atoms with Crippen LogP contribution in [-0.4, -0.2) is 47.8 Å². The fraction of sp³-hybridized carbons (Fsp3) is 0.316. The molecule has 0 saturated carbocycles. The molecule has 0 radical (unpaired) electrons. The van der Waals surface area contributed by atoms with Gasteiger partial charge in [-0.1, -0.05) is 30.3 Å². The van der Waals surface area contributed by atoms with E-state index in [0.29, 0.717) is 26.2 Å². The van der Waals surface area contributed by atoms with E-state index in [9.17, 15) is 14.4 Å². The molecule has 1 saturated heterocycles. The molecule has 0 unspecified atom stereocenters. The topological polar surface area (TPSA) is 80.1 Å². The van der Waals surface area contributed by atoms with E-state index in [0.717, 1.165) is 11.6 Å². The number of carbonyl (C=O) groups is 2. The van der Waals surface area contributed by atoms with Crippen molar-refractivity contribution in [3.8, 4) is 5.75 Å². The number of ether oxygens (including phenoxy) is 1. The van der Waals surface area contributed by atoms with E-state index < -0.39 is 5.43 Å². The van der Waals surface area contributed by atoms with Crippen LogP contribution < -0.4 is 10.2 Å². The van der Waals surface area contributed by atoms with Gasteiger partial charge in [0.1, 0.15) is 12.9 Å². The highest BCUT2D eigenvalue weighted by Gasteiger charge is 2.25. The molecule has 2 aromatic rings. The number of hydrogen-bond acceptors (Lipinski definition) is 5. The summed E-state index contributed by atoms with van der Waals surface area (Å²) in [6.07, 6.45) is 1.17. The zero-order chi connectivity index (χ0) is 18.5. The number of carbonyl (C=O) groups excluding carboxylic acids is 2. The van der Waals surface area contributed by atoms with Crippen LogP contribution in [0.3, 0.4) is 0 Å². The maximum Gasteiger partial charge on any atom is 0.289 e. The van der Waals surface area contributed by atoms with Gasteiger partial charge in [0.25, 0.3) is 5.91 Å². The summed E-state index contributed by atoms with van der Waals surface area (Å²) in [6.45, 7) is 3.52. The van der Waals surface area contributed by atoms with Gasteiger partial charge in [-0.25, -0.2) is 0 Å². The second-order valence-corrected chi connectivity index (χ2v) is 6.05. The molecule has 1 aliphatic rings. The summed E-state index contributed by atoms with van der Waals surface area (Å²) >= 11 is 0. The lowest BCUT2D eigenvalue weighted by atomic mass is 10.2. The van der Waals surface area contributed by atoms with E-state index in [1.807, 2.05) is 30.3 Å². The maximum atomic E-state index is 12.5. The molecule has 26 heavy (non-hydrogen) atoms. The maximum absolute atomic E-state index is 12.5. The van der Waals surface area contributed by atoms with Crippen molar-refractivity contribution in [1.29, 1.82) is 0 Å². The van der Waals surface area contributed by atoms with Crippen LogP contribution in [-0.2, 0) is 11.4 Å². The standard InChI is InChI=1S/C19H20N2O5/c1-14(22)20-7-9-21(10-8-20)19(24)17-11-16(23)18(13-26-17)25-12-15-5-3-2-4-6-15/h2-6,11,13H,7-10,12H2,1H3. The lowest BCUT2D eigenvalue weighted by Gasteiger charge is -2.33. The molecule has 2 amide bonds. The molecular formula is C19H20N2O5. The number of benzene rings is 1. The minimum absolute atomic E-state index is 0.0106. The highest BCUT2D eigenvalue weighted by Crippen LogP contribution is 2.12. The number of rotatable bonds is 4. The van der Waals surface area contributed by atoms with E-state index >= 15 is 0 Å². The van der Waals surface area contributed by atoms with E-state index in [1.54, 1.807) is 9.80 Å². The van der Waals surface area contributed by atoms with Crippen molar-refractivity contribution in [2.45, 2.75) is 13.5 Å². The Bertz CT molecular complexity index is 839. The zero-order valence-electron chi connectivity index (χ0n) is 14.5. The van der Waals surface area contributed by atoms with Gasteiger partial charge in [0.2, 0.25) is 17.1 Å². The largest absolute Gasteiger partial charge is 0.482 e. The SMILES string of the molecule is CC(=O)N1CCN(C(=O)c2cc(=O)c(OCc3ccccc3)co2)CC1. The predicted molar refractivity (Wildman–Crippen MR) is 93.9 cm³/mol. The minimum Gasteiger partial charge on any atom is -0.482 e. The smallest absolute Gasteiger partial charge is 0.289 e. The van der Waals surface area contributed by atoms with Crippen LogP contribution in [0.2, 0.25) is 0 Å². The minimum atomic E-state index is -0.405. The van der Waals surface area contributed by atoms with Gasteiger partial charge < -0.3 is 19.0 Å². The Morgan fingerprint density at radius 1 is 1.08 bits per heavy atom. The van der Waals surface area contributed by atoms with Gasteiger partial charge in [-0.2, -0.15) is 0 Å². The van der Waals surface area contributed by atoms with Gasteiger partial charge in [-0.15, -0.1) is 0 Å². The van der Waals surface area contributed by atoms with Gasteiger partial charge in [0.15, 0.2) is 5.76 Å². The molecular weight excluding hydrogens is 336 g/mol. The summed E-state index contributed by atoms with van der Waals surface area (Å²) in [5.41, 5.74) is 0.522. The summed E-state index contributed by atoms with van der Waals surface area (Å²) in [4.78, 5) is 39.2. The van der Waals surface area contributed by atoms with E-state index in [-0.39, 0.29) is 29.9 Å². The molecule has 1 aliphatic heterocycles. The predicted octanol–water partition coefficient (Wildman–Crippen LogP) is 1.52. The monoisotopic (exact) mass is 356 g/mol. The summed E-state index contributed by atoms with van der Waals surface area (Å²) in [5, 5.41) is 0. The van der Waals surface area contributed by atoms with Gasteiger partial charge in [0, 0.05) is 39.2 Å². The Morgan fingerprint density at radius 2 is 1.73 bits per heavy atom. The first-order valence-corrected chi connectivity index (χ1v) is 8.39. The third kappa shape index (κ3) is 4.11. The van der Waals surface area contributed by atoms with E-state index in [1.165, 1.54) is 13.2 Å². The van der Waals surface area contributed by atoms with E-state index in [2.05, 4.69) is 0 Å². The summed E-state index contributed by atoms with van der Waals surface area (Å²) < 4.78 is 10.8. The van der Waals surface area contributed by atoms with Gasteiger partial charge in [-0.3, -0.25) is 14.4 Å². The molecule has 0 atom stereocenters. The third-order valence-corrected chi connectivity index (χ3v) is 4.26. The Balaban J connectivity index is 1.63. The van der Waals surface area contributed by atoms with Crippen molar-refractivity contribution >= 4 is 11.8 Å². The normalized spacial score (nSPS) is 14.2. The van der Waals surface area contributed by atoms with Crippen LogP contribution in [0.4, 0.5) is 0 Å². The van der Waals surface area contributed by atoms with Gasteiger partial charge in [-0.05, 0) is 5.56 Å². The molecule has 1 aromatic carbocycles. The molecule has 2 heterocycles. The summed E-state index contributed by atoms with van der Waals surface area (Å²) in [7, 11) is 0. The molecule has 136 valence electrons. The first-order valence-electron chi connectivity index (χ1n) is 8.39. The van der Waals surface area contributed by atoms with Crippen molar-refractivity contribution in [3.05, 3.63) is 64.2 Å². The third-order valence-electron chi connectivity index (χ3n) is 4.26. The quantitative estimate of drug-likeness (QED) is 0.830. The van der Waals surface area contributed by atoms with Crippen molar-refractivity contribution in [2.24, 2.45) is 0 Å². The molecule has 0 spiro atoms. The van der Waals surface area contributed by atoms with Crippen molar-refractivity contribution in [1.82, 2.24) is 9.80 Å². The van der Waals surface area contributed by atoms with Crippen LogP contribution in [0.15, 0.2) is 51.9 Å². The molecule has 7 nitrogen and oxygen atoms in total. The number of piperazine rings is 1. The van der Waals surface area contributed by atoms with E-state index in [4.69, 9.17) is 9.15 Å². The number of hydrogen-bond donors (Lipinski definition) is 0. The van der Waals surface area contributed by atoms with Crippen LogP contribution in [0.5, 0.6) is 5.75 Å². The fourth-order valence-electron chi connectivity index (χ4n) is 2.73. The molecule has 0 bridgehead atoms. The molecule has 3 rings (SSSR count). The van der Waals surface area contributed by atoms with Crippen LogP contribution in [0.25, 0.3) is 0 Å². The average molecular weight is 356 g/mol. The molecule has 0 N–H and O–H groups in total. The lowest BCUT2D eigenvalue weighted by molar-refractivity contribution is -0.130. The van der Waals surface area contributed by atoms with Crippen LogP contribution in [0.1, 0.15) is 23.0 Å². The summed E-state index contributed by atoms with van der Waals surface area (Å²) in [6, 6.07) is 10.6. The van der Waals surface area contributed by atoms with Gasteiger partial charge >= 0.3 is 0 Å². The Hall–Kier alpha value is -3.09. The molecule has 1 aromatic heterocycles. The lowest BCUT2D eigenvalue weighted by Crippen LogP contribution is -2.50.